The maximum Gasteiger partial charge on any atom is 0.246 e. The number of carbonyl (C=O) groups is 3. The number of nitrogens with zero attached hydrogens (tertiary/aromatic N) is 1. The van der Waals surface area contributed by atoms with Gasteiger partial charge < -0.3 is 20.3 Å². The van der Waals surface area contributed by atoms with Crippen molar-refractivity contribution in [2.24, 2.45) is 23.7 Å². The molecule has 3 amide bonds. The van der Waals surface area contributed by atoms with Gasteiger partial charge in [0.05, 0.1) is 17.9 Å². The van der Waals surface area contributed by atoms with Crippen LogP contribution in [0.2, 0.25) is 0 Å². The lowest BCUT2D eigenvalue weighted by Gasteiger charge is -2.40. The van der Waals surface area contributed by atoms with Gasteiger partial charge in [-0.2, -0.15) is 0 Å². The van der Waals surface area contributed by atoms with E-state index in [1.165, 1.54) is 6.42 Å². The minimum atomic E-state index is -1.10. The van der Waals surface area contributed by atoms with E-state index in [4.69, 9.17) is 4.74 Å². The van der Waals surface area contributed by atoms with Crippen molar-refractivity contribution in [1.29, 1.82) is 0 Å². The summed E-state index contributed by atoms with van der Waals surface area (Å²) < 4.78 is 6.56. The van der Waals surface area contributed by atoms with E-state index in [1.54, 1.807) is 11.8 Å². The molecule has 2 aliphatic carbocycles. The van der Waals surface area contributed by atoms with Crippen molar-refractivity contribution in [3.8, 4) is 0 Å². The van der Waals surface area contributed by atoms with Crippen LogP contribution in [0.25, 0.3) is 0 Å². The Morgan fingerprint density at radius 1 is 1.05 bits per heavy atom. The summed E-state index contributed by atoms with van der Waals surface area (Å²) in [4.78, 5) is 45.2. The number of nitrogens with one attached hydrogen (secondary N) is 2. The molecule has 39 heavy (non-hydrogen) atoms. The summed E-state index contributed by atoms with van der Waals surface area (Å²) in [5.74, 6) is -0.885. The maximum absolute atomic E-state index is 14.3. The summed E-state index contributed by atoms with van der Waals surface area (Å²) in [6.07, 6.45) is 13.6. The molecule has 4 fully saturated rings. The molecular weight excluding hydrogens is 510 g/mol. The van der Waals surface area contributed by atoms with Gasteiger partial charge in [-0.15, -0.1) is 11.8 Å². The van der Waals surface area contributed by atoms with Crippen LogP contribution in [0.4, 0.5) is 5.69 Å². The van der Waals surface area contributed by atoms with Crippen molar-refractivity contribution < 1.29 is 19.1 Å². The van der Waals surface area contributed by atoms with Crippen LogP contribution in [0, 0.1) is 23.7 Å². The van der Waals surface area contributed by atoms with Crippen LogP contribution in [0.1, 0.15) is 65.2 Å². The normalized spacial score (nSPS) is 37.7. The van der Waals surface area contributed by atoms with E-state index < -0.39 is 29.6 Å². The number of carbonyl (C=O) groups excluding carboxylic acids is 3. The molecule has 7 nitrogen and oxygen atoms in total. The van der Waals surface area contributed by atoms with Gasteiger partial charge in [-0.05, 0) is 55.6 Å². The molecule has 8 atom stereocenters. The predicted molar refractivity (Wildman–Crippen MR) is 152 cm³/mol. The Morgan fingerprint density at radius 3 is 2.62 bits per heavy atom. The lowest BCUT2D eigenvalue weighted by atomic mass is 9.73. The second-order valence-electron chi connectivity index (χ2n) is 12.3. The van der Waals surface area contributed by atoms with Crippen LogP contribution in [0.5, 0.6) is 0 Å². The Kier molecular flexibility index (Phi) is 7.29. The van der Waals surface area contributed by atoms with E-state index in [-0.39, 0.29) is 29.8 Å². The molecule has 210 valence electrons. The Morgan fingerprint density at radius 2 is 1.85 bits per heavy atom. The summed E-state index contributed by atoms with van der Waals surface area (Å²) in [5, 5.41) is 6.42. The summed E-state index contributed by atoms with van der Waals surface area (Å²) in [7, 11) is 0. The fraction of sp³-hybridized carbons (Fsp3) is 0.645. The molecule has 0 aromatic heterocycles. The first kappa shape index (κ1) is 26.9. The van der Waals surface area contributed by atoms with E-state index >= 15 is 0 Å². The van der Waals surface area contributed by atoms with Crippen LogP contribution < -0.4 is 10.6 Å². The average molecular weight is 552 g/mol. The standard InChI is InChI=1S/C31H41N3O4S/c1-18-9-7-14-23(19(18)2)33-29(36)27-31-16-15-24(38-31)25(28(35)32-20-10-8-13-22(17-20)39-3)26(31)30(37)34(27)21-11-5-4-6-12-21/h8,10,13,15-19,21,23-27H,4-7,9,11-12,14H2,1-3H3,(H,32,35)(H,33,36)/t18-,19-,23-,24+,25-,26+,27+,31+/m1/s1. The van der Waals surface area contributed by atoms with Gasteiger partial charge in [0.1, 0.15) is 11.6 Å². The van der Waals surface area contributed by atoms with Gasteiger partial charge in [0, 0.05) is 22.7 Å². The number of fused-ring (bicyclic) bond motifs is 1. The third-order valence-electron chi connectivity index (χ3n) is 10.2. The predicted octanol–water partition coefficient (Wildman–Crippen LogP) is 4.77. The summed E-state index contributed by atoms with van der Waals surface area (Å²) in [6.45, 7) is 4.48. The topological polar surface area (TPSA) is 87.7 Å². The minimum absolute atomic E-state index is 0.00250. The van der Waals surface area contributed by atoms with Crippen molar-refractivity contribution in [2.45, 2.75) is 99.9 Å². The first-order valence-corrected chi connectivity index (χ1v) is 16.0. The first-order chi connectivity index (χ1) is 18.8. The monoisotopic (exact) mass is 551 g/mol. The molecule has 1 aromatic carbocycles. The van der Waals surface area contributed by atoms with E-state index in [0.29, 0.717) is 17.5 Å². The minimum Gasteiger partial charge on any atom is -0.359 e. The summed E-state index contributed by atoms with van der Waals surface area (Å²) >= 11 is 1.61. The van der Waals surface area contributed by atoms with Crippen molar-refractivity contribution >= 4 is 35.2 Å². The number of amides is 3. The molecule has 5 aliphatic rings. The largest absolute Gasteiger partial charge is 0.359 e. The van der Waals surface area contributed by atoms with E-state index in [0.717, 1.165) is 49.8 Å². The number of thioether (sulfide) groups is 1. The second-order valence-corrected chi connectivity index (χ2v) is 13.2. The zero-order chi connectivity index (χ0) is 27.3. The number of hydrogen-bond acceptors (Lipinski definition) is 5. The molecule has 0 radical (unpaired) electrons. The Bertz CT molecular complexity index is 1170. The van der Waals surface area contributed by atoms with Crippen molar-refractivity contribution in [3.05, 3.63) is 36.4 Å². The second kappa shape index (κ2) is 10.6. The smallest absolute Gasteiger partial charge is 0.246 e. The quantitative estimate of drug-likeness (QED) is 0.393. The van der Waals surface area contributed by atoms with Crippen LogP contribution >= 0.6 is 11.8 Å². The molecule has 6 rings (SSSR count). The van der Waals surface area contributed by atoms with Crippen LogP contribution in [0.3, 0.4) is 0 Å². The highest BCUT2D eigenvalue weighted by Crippen LogP contribution is 2.56. The van der Waals surface area contributed by atoms with E-state index in [9.17, 15) is 14.4 Å². The molecule has 8 heteroatoms. The van der Waals surface area contributed by atoms with Gasteiger partial charge in [-0.1, -0.05) is 64.2 Å². The Hall–Kier alpha value is -2.32. The summed E-state index contributed by atoms with van der Waals surface area (Å²) in [5.41, 5.74) is -0.396. The third kappa shape index (κ3) is 4.51. The van der Waals surface area contributed by atoms with Crippen LogP contribution in [-0.2, 0) is 19.1 Å². The molecule has 3 heterocycles. The van der Waals surface area contributed by atoms with E-state index in [2.05, 4.69) is 24.5 Å². The number of hydrogen-bond donors (Lipinski definition) is 2. The van der Waals surface area contributed by atoms with Gasteiger partial charge in [-0.25, -0.2) is 0 Å². The maximum atomic E-state index is 14.3. The van der Waals surface area contributed by atoms with Crippen LogP contribution in [0.15, 0.2) is 41.3 Å². The molecule has 2 saturated heterocycles. The van der Waals surface area contributed by atoms with Crippen LogP contribution in [-0.4, -0.2) is 58.7 Å². The van der Waals surface area contributed by atoms with Gasteiger partial charge in [0.15, 0.2) is 0 Å². The van der Waals surface area contributed by atoms with Crippen molar-refractivity contribution in [2.75, 3.05) is 11.6 Å². The lowest BCUT2D eigenvalue weighted by molar-refractivity contribution is -0.145. The fourth-order valence-corrected chi connectivity index (χ4v) is 8.39. The van der Waals surface area contributed by atoms with Gasteiger partial charge >= 0.3 is 0 Å². The molecule has 2 saturated carbocycles. The molecular formula is C31H41N3O4S. The summed E-state index contributed by atoms with van der Waals surface area (Å²) in [6, 6.07) is 7.06. The number of anilines is 1. The Labute approximate surface area is 235 Å². The highest BCUT2D eigenvalue weighted by molar-refractivity contribution is 7.98. The highest BCUT2D eigenvalue weighted by atomic mass is 32.2. The zero-order valence-electron chi connectivity index (χ0n) is 23.2. The molecule has 1 spiro atoms. The lowest BCUT2D eigenvalue weighted by Crippen LogP contribution is -2.59. The van der Waals surface area contributed by atoms with Crippen molar-refractivity contribution in [3.63, 3.8) is 0 Å². The molecule has 1 aromatic rings. The SMILES string of the molecule is CSc1cccc(NC(=O)[C@@H]2[C@@H]3C=C[C@]4(O3)[C@@H]2C(=O)N(C2CCCCC2)[C@H]4C(=O)N[C@@H]2CCC[C@@H](C)[C@H]2C)c1. The number of likely N-dealkylation sites (tertiary alicyclic amines) is 1. The number of rotatable bonds is 6. The number of ether oxygens (including phenoxy) is 1. The van der Waals surface area contributed by atoms with Gasteiger partial charge in [0.2, 0.25) is 17.7 Å². The van der Waals surface area contributed by atoms with E-state index in [1.807, 2.05) is 47.6 Å². The molecule has 2 N–H and O–H groups in total. The first-order valence-electron chi connectivity index (χ1n) is 14.8. The molecule has 0 unspecified atom stereocenters. The fourth-order valence-electron chi connectivity index (χ4n) is 7.93. The van der Waals surface area contributed by atoms with Crippen molar-refractivity contribution in [1.82, 2.24) is 10.2 Å². The number of benzene rings is 1. The zero-order valence-corrected chi connectivity index (χ0v) is 24.0. The highest BCUT2D eigenvalue weighted by Gasteiger charge is 2.73. The average Bonchev–Trinajstić information content (AvgIpc) is 3.59. The Balaban J connectivity index is 1.31. The molecule has 2 bridgehead atoms. The van der Waals surface area contributed by atoms with Gasteiger partial charge in [-0.3, -0.25) is 14.4 Å². The van der Waals surface area contributed by atoms with Gasteiger partial charge in [0.25, 0.3) is 0 Å². The molecule has 3 aliphatic heterocycles. The third-order valence-corrected chi connectivity index (χ3v) is 10.9.